The lowest BCUT2D eigenvalue weighted by molar-refractivity contribution is 0.0496. The van der Waals surface area contributed by atoms with E-state index in [4.69, 9.17) is 19.2 Å². The highest BCUT2D eigenvalue weighted by atomic mass is 16.6. The van der Waals surface area contributed by atoms with Crippen molar-refractivity contribution in [2.75, 3.05) is 26.4 Å². The van der Waals surface area contributed by atoms with Gasteiger partial charge in [-0.1, -0.05) is 18.2 Å². The molecule has 0 aliphatic heterocycles. The molecule has 0 spiro atoms. The zero-order chi connectivity index (χ0) is 21.6. The topological polar surface area (TPSA) is 87.5 Å². The van der Waals surface area contributed by atoms with E-state index in [-0.39, 0.29) is 0 Å². The predicted molar refractivity (Wildman–Crippen MR) is 115 cm³/mol. The molecule has 8 heteroatoms. The molecule has 30 heavy (non-hydrogen) atoms. The highest BCUT2D eigenvalue weighted by Crippen LogP contribution is 2.25. The van der Waals surface area contributed by atoms with Gasteiger partial charge in [0.25, 0.3) is 0 Å². The number of hydrogen-bond donors (Lipinski definition) is 1. The van der Waals surface area contributed by atoms with Gasteiger partial charge >= 0.3 is 6.09 Å². The number of amides is 1. The van der Waals surface area contributed by atoms with Crippen molar-refractivity contribution < 1.29 is 19.0 Å². The summed E-state index contributed by atoms with van der Waals surface area (Å²) in [6.45, 7) is 10.4. The SMILES string of the molecule is CCOCc1nc2cnc3ccccc3c2n1CCOCCNC(=O)OC(C)(C)C. The summed E-state index contributed by atoms with van der Waals surface area (Å²) in [6, 6.07) is 8.03. The van der Waals surface area contributed by atoms with Gasteiger partial charge in [0.15, 0.2) is 0 Å². The van der Waals surface area contributed by atoms with Crippen molar-refractivity contribution in [3.05, 3.63) is 36.3 Å². The highest BCUT2D eigenvalue weighted by Gasteiger charge is 2.16. The van der Waals surface area contributed by atoms with Crippen LogP contribution in [0.5, 0.6) is 0 Å². The van der Waals surface area contributed by atoms with Crippen molar-refractivity contribution in [2.24, 2.45) is 0 Å². The van der Waals surface area contributed by atoms with Crippen molar-refractivity contribution in [3.63, 3.8) is 0 Å². The van der Waals surface area contributed by atoms with Crippen molar-refractivity contribution in [2.45, 2.75) is 46.4 Å². The molecule has 3 aromatic rings. The molecule has 2 heterocycles. The van der Waals surface area contributed by atoms with Gasteiger partial charge in [-0.2, -0.15) is 0 Å². The number of nitrogens with zero attached hydrogens (tertiary/aromatic N) is 3. The summed E-state index contributed by atoms with van der Waals surface area (Å²) in [6.07, 6.45) is 1.36. The maximum Gasteiger partial charge on any atom is 0.407 e. The third-order valence-electron chi connectivity index (χ3n) is 4.37. The predicted octanol–water partition coefficient (Wildman–Crippen LogP) is 3.66. The molecule has 0 aliphatic carbocycles. The van der Waals surface area contributed by atoms with Crippen LogP contribution in [0, 0.1) is 0 Å². The van der Waals surface area contributed by atoms with E-state index in [1.807, 2.05) is 45.9 Å². The van der Waals surface area contributed by atoms with Gasteiger partial charge in [-0.3, -0.25) is 4.98 Å². The van der Waals surface area contributed by atoms with Crippen LogP contribution in [0.3, 0.4) is 0 Å². The van der Waals surface area contributed by atoms with Crippen LogP contribution < -0.4 is 5.32 Å². The molecule has 0 atom stereocenters. The highest BCUT2D eigenvalue weighted by molar-refractivity contribution is 6.02. The first-order valence-electron chi connectivity index (χ1n) is 10.2. The number of nitrogens with one attached hydrogen (secondary N) is 1. The van der Waals surface area contributed by atoms with E-state index in [1.165, 1.54) is 0 Å². The second kappa shape index (κ2) is 9.86. The molecule has 162 valence electrons. The largest absolute Gasteiger partial charge is 0.444 e. The molecule has 0 bridgehead atoms. The lowest BCUT2D eigenvalue weighted by atomic mass is 10.2. The molecular formula is C22H30N4O4. The van der Waals surface area contributed by atoms with E-state index in [2.05, 4.69) is 20.9 Å². The first kappa shape index (κ1) is 22.0. The zero-order valence-electron chi connectivity index (χ0n) is 18.1. The van der Waals surface area contributed by atoms with Crippen LogP contribution in [-0.2, 0) is 27.4 Å². The maximum absolute atomic E-state index is 11.7. The van der Waals surface area contributed by atoms with Crippen LogP contribution in [0.15, 0.2) is 30.5 Å². The average Bonchev–Trinajstić information content (AvgIpc) is 3.05. The Morgan fingerprint density at radius 2 is 1.93 bits per heavy atom. The summed E-state index contributed by atoms with van der Waals surface area (Å²) in [4.78, 5) is 20.9. The van der Waals surface area contributed by atoms with Crippen molar-refractivity contribution >= 4 is 28.0 Å². The Kier molecular flexibility index (Phi) is 7.23. The van der Waals surface area contributed by atoms with Crippen molar-refractivity contribution in [1.82, 2.24) is 19.9 Å². The summed E-state index contributed by atoms with van der Waals surface area (Å²) in [5, 5.41) is 3.75. The number of alkyl carbamates (subject to hydrolysis) is 1. The number of carbonyl (C=O) groups excluding carboxylic acids is 1. The second-order valence-corrected chi connectivity index (χ2v) is 7.87. The Morgan fingerprint density at radius 3 is 2.70 bits per heavy atom. The number of fused-ring (bicyclic) bond motifs is 3. The minimum Gasteiger partial charge on any atom is -0.444 e. The molecule has 0 unspecified atom stereocenters. The Hall–Kier alpha value is -2.71. The monoisotopic (exact) mass is 414 g/mol. The van der Waals surface area contributed by atoms with Gasteiger partial charge in [-0.15, -0.1) is 0 Å². The van der Waals surface area contributed by atoms with Gasteiger partial charge in [0.1, 0.15) is 23.5 Å². The number of ether oxygens (including phenoxy) is 3. The van der Waals surface area contributed by atoms with Gasteiger partial charge in [0, 0.05) is 25.1 Å². The Balaban J connectivity index is 1.64. The van der Waals surface area contributed by atoms with Crippen LogP contribution in [0.2, 0.25) is 0 Å². The number of imidazole rings is 1. The van der Waals surface area contributed by atoms with Crippen LogP contribution in [0.1, 0.15) is 33.5 Å². The first-order valence-corrected chi connectivity index (χ1v) is 10.2. The lowest BCUT2D eigenvalue weighted by Crippen LogP contribution is -2.34. The molecule has 2 aromatic heterocycles. The Labute approximate surface area is 176 Å². The average molecular weight is 415 g/mol. The Morgan fingerprint density at radius 1 is 1.13 bits per heavy atom. The van der Waals surface area contributed by atoms with Gasteiger partial charge in [-0.25, -0.2) is 9.78 Å². The maximum atomic E-state index is 11.7. The molecule has 0 saturated carbocycles. The summed E-state index contributed by atoms with van der Waals surface area (Å²) >= 11 is 0. The number of hydrogen-bond acceptors (Lipinski definition) is 6. The van der Waals surface area contributed by atoms with Gasteiger partial charge in [0.05, 0.1) is 30.4 Å². The van der Waals surface area contributed by atoms with Crippen molar-refractivity contribution in [1.29, 1.82) is 0 Å². The number of benzene rings is 1. The van der Waals surface area contributed by atoms with E-state index >= 15 is 0 Å². The van der Waals surface area contributed by atoms with Crippen LogP contribution in [0.25, 0.3) is 21.9 Å². The number of rotatable bonds is 9. The van der Waals surface area contributed by atoms with Gasteiger partial charge < -0.3 is 24.1 Å². The number of pyridine rings is 1. The van der Waals surface area contributed by atoms with E-state index < -0.39 is 11.7 Å². The number of carbonyl (C=O) groups is 1. The van der Waals surface area contributed by atoms with Crippen LogP contribution in [0.4, 0.5) is 4.79 Å². The summed E-state index contributed by atoms with van der Waals surface area (Å²) in [7, 11) is 0. The zero-order valence-corrected chi connectivity index (χ0v) is 18.1. The van der Waals surface area contributed by atoms with E-state index in [0.717, 1.165) is 27.8 Å². The van der Waals surface area contributed by atoms with Crippen molar-refractivity contribution in [3.8, 4) is 0 Å². The standard InChI is InChI=1S/C22H30N4O4/c1-5-28-15-19-25-18-14-24-17-9-7-6-8-16(17)20(18)26(19)11-13-29-12-10-23-21(27)30-22(2,3)4/h6-9,14H,5,10-13,15H2,1-4H3,(H,23,27). The summed E-state index contributed by atoms with van der Waals surface area (Å²) in [5.74, 6) is 0.848. The van der Waals surface area contributed by atoms with E-state index in [9.17, 15) is 4.79 Å². The van der Waals surface area contributed by atoms with Gasteiger partial charge in [0.2, 0.25) is 0 Å². The minimum absolute atomic E-state index is 0.387. The van der Waals surface area contributed by atoms with Crippen LogP contribution in [-0.4, -0.2) is 52.6 Å². The molecule has 0 aliphatic rings. The van der Waals surface area contributed by atoms with E-state index in [0.29, 0.717) is 39.5 Å². The molecule has 1 aromatic carbocycles. The van der Waals surface area contributed by atoms with Crippen LogP contribution >= 0.6 is 0 Å². The molecule has 1 N–H and O–H groups in total. The molecular weight excluding hydrogens is 384 g/mol. The summed E-state index contributed by atoms with van der Waals surface area (Å²) < 4.78 is 18.7. The normalized spacial score (nSPS) is 11.9. The second-order valence-electron chi connectivity index (χ2n) is 7.87. The number of aromatic nitrogens is 3. The molecule has 8 nitrogen and oxygen atoms in total. The van der Waals surface area contributed by atoms with E-state index in [1.54, 1.807) is 6.20 Å². The third kappa shape index (κ3) is 5.67. The Bertz CT molecular complexity index is 994. The fourth-order valence-electron chi connectivity index (χ4n) is 3.15. The third-order valence-corrected chi connectivity index (χ3v) is 4.37. The fraction of sp³-hybridized carbons (Fsp3) is 0.500. The lowest BCUT2D eigenvalue weighted by Gasteiger charge is -2.19. The molecule has 0 fully saturated rings. The summed E-state index contributed by atoms with van der Waals surface area (Å²) in [5.41, 5.74) is 2.29. The number of para-hydroxylation sites is 1. The first-order chi connectivity index (χ1) is 14.4. The van der Waals surface area contributed by atoms with Gasteiger partial charge in [-0.05, 0) is 33.8 Å². The molecule has 3 rings (SSSR count). The molecule has 1 amide bonds. The molecule has 0 saturated heterocycles. The minimum atomic E-state index is -0.512. The smallest absolute Gasteiger partial charge is 0.407 e. The fourth-order valence-corrected chi connectivity index (χ4v) is 3.15. The quantitative estimate of drug-likeness (QED) is 0.538. The molecule has 0 radical (unpaired) electrons.